The number of benzene rings is 2. The van der Waals surface area contributed by atoms with Crippen molar-refractivity contribution in [1.29, 1.82) is 0 Å². The van der Waals surface area contributed by atoms with Crippen molar-refractivity contribution >= 4 is 17.8 Å². The van der Waals surface area contributed by atoms with Gasteiger partial charge in [-0.15, -0.1) is 0 Å². The molecule has 0 atom stereocenters. The molecular weight excluding hydrogens is 292 g/mol. The second kappa shape index (κ2) is 6.08. The van der Waals surface area contributed by atoms with E-state index in [0.717, 1.165) is 28.9 Å². The largest absolute Gasteiger partial charge is 0.497 e. The maximum absolute atomic E-state index is 12.6. The highest BCUT2D eigenvalue weighted by Crippen LogP contribution is 2.29. The van der Waals surface area contributed by atoms with E-state index in [9.17, 15) is 9.59 Å². The molecule has 116 valence electrons. The zero-order chi connectivity index (χ0) is 16.4. The van der Waals surface area contributed by atoms with Crippen molar-refractivity contribution in [2.45, 2.75) is 12.8 Å². The first-order chi connectivity index (χ1) is 11.1. The Kier molecular flexibility index (Phi) is 3.98. The van der Waals surface area contributed by atoms with Crippen molar-refractivity contribution in [3.8, 4) is 5.75 Å². The van der Waals surface area contributed by atoms with Crippen LogP contribution < -0.4 is 4.74 Å². The molecule has 1 aliphatic rings. The van der Waals surface area contributed by atoms with Gasteiger partial charge >= 0.3 is 5.97 Å². The van der Waals surface area contributed by atoms with Gasteiger partial charge in [-0.25, -0.2) is 4.79 Å². The molecule has 4 nitrogen and oxygen atoms in total. The molecule has 3 rings (SSSR count). The van der Waals surface area contributed by atoms with Gasteiger partial charge in [0.25, 0.3) is 0 Å². The second-order valence-electron chi connectivity index (χ2n) is 5.45. The van der Waals surface area contributed by atoms with E-state index in [4.69, 9.17) is 9.84 Å². The van der Waals surface area contributed by atoms with Crippen LogP contribution in [0.15, 0.2) is 48.0 Å². The lowest BCUT2D eigenvalue weighted by atomic mass is 9.86. The van der Waals surface area contributed by atoms with E-state index in [1.54, 1.807) is 43.5 Å². The molecular formula is C19H16O4. The first-order valence-corrected chi connectivity index (χ1v) is 7.34. The molecule has 2 aromatic carbocycles. The second-order valence-corrected chi connectivity index (χ2v) is 5.45. The van der Waals surface area contributed by atoms with Gasteiger partial charge in [0.1, 0.15) is 5.75 Å². The van der Waals surface area contributed by atoms with Crippen LogP contribution in [0, 0.1) is 0 Å². The molecule has 0 spiro atoms. The number of hydrogen-bond donors (Lipinski definition) is 1. The molecule has 0 aromatic heterocycles. The first kappa shape index (κ1) is 15.0. The van der Waals surface area contributed by atoms with Gasteiger partial charge in [-0.2, -0.15) is 0 Å². The molecule has 0 radical (unpaired) electrons. The van der Waals surface area contributed by atoms with Crippen molar-refractivity contribution in [1.82, 2.24) is 0 Å². The van der Waals surface area contributed by atoms with Crippen LogP contribution in [0.3, 0.4) is 0 Å². The van der Waals surface area contributed by atoms with Crippen LogP contribution in [-0.2, 0) is 6.42 Å². The summed E-state index contributed by atoms with van der Waals surface area (Å²) in [7, 11) is 1.61. The number of ketones is 1. The number of ether oxygens (including phenoxy) is 1. The van der Waals surface area contributed by atoms with Gasteiger partial charge in [-0.05, 0) is 60.4 Å². The summed E-state index contributed by atoms with van der Waals surface area (Å²) in [6.45, 7) is 0. The minimum atomic E-state index is -0.958. The lowest BCUT2D eigenvalue weighted by Crippen LogP contribution is -2.14. The number of hydrogen-bond acceptors (Lipinski definition) is 3. The molecule has 0 unspecified atom stereocenters. The Morgan fingerprint density at radius 1 is 1.13 bits per heavy atom. The Hall–Kier alpha value is -2.88. The van der Waals surface area contributed by atoms with E-state index < -0.39 is 5.97 Å². The molecule has 0 saturated heterocycles. The highest BCUT2D eigenvalue weighted by molar-refractivity contribution is 6.13. The number of fused-ring (bicyclic) bond motifs is 1. The summed E-state index contributed by atoms with van der Waals surface area (Å²) < 4.78 is 5.19. The summed E-state index contributed by atoms with van der Waals surface area (Å²) in [5, 5.41) is 8.91. The van der Waals surface area contributed by atoms with Crippen molar-refractivity contribution in [3.63, 3.8) is 0 Å². The Bertz CT molecular complexity index is 801. The predicted molar refractivity (Wildman–Crippen MR) is 87.0 cm³/mol. The summed E-state index contributed by atoms with van der Waals surface area (Å²) in [6, 6.07) is 12.0. The van der Waals surface area contributed by atoms with E-state index in [0.29, 0.717) is 12.0 Å². The average molecular weight is 308 g/mol. The number of Topliss-reactive ketones (excluding diaryl/α,β-unsaturated/α-hetero) is 1. The minimum absolute atomic E-state index is 0.0243. The third-order valence-corrected chi connectivity index (χ3v) is 4.01. The summed E-state index contributed by atoms with van der Waals surface area (Å²) in [5.74, 6) is -0.176. The monoisotopic (exact) mass is 308 g/mol. The number of carboxylic acid groups (broad SMARTS) is 1. The van der Waals surface area contributed by atoms with Crippen LogP contribution in [0.2, 0.25) is 0 Å². The number of carbonyl (C=O) groups excluding carboxylic acids is 1. The number of allylic oxidation sites excluding steroid dienone is 1. The van der Waals surface area contributed by atoms with Crippen molar-refractivity contribution in [2.75, 3.05) is 7.11 Å². The van der Waals surface area contributed by atoms with Crippen LogP contribution >= 0.6 is 0 Å². The van der Waals surface area contributed by atoms with Crippen LogP contribution in [0.25, 0.3) is 6.08 Å². The van der Waals surface area contributed by atoms with Gasteiger partial charge in [0, 0.05) is 11.1 Å². The molecule has 1 N–H and O–H groups in total. The van der Waals surface area contributed by atoms with Gasteiger partial charge in [0.05, 0.1) is 12.7 Å². The van der Waals surface area contributed by atoms with Crippen LogP contribution in [0.1, 0.15) is 38.3 Å². The van der Waals surface area contributed by atoms with Crippen LogP contribution in [-0.4, -0.2) is 24.0 Å². The Balaban J connectivity index is 1.89. The SMILES string of the molecule is COc1ccc2c(c1)CCC(=Cc1ccc(C(=O)O)cc1)C2=O. The molecule has 2 aromatic rings. The fraction of sp³-hybridized carbons (Fsp3) is 0.158. The normalized spacial score (nSPS) is 15.3. The van der Waals surface area contributed by atoms with E-state index >= 15 is 0 Å². The summed E-state index contributed by atoms with van der Waals surface area (Å²) in [5.41, 5.74) is 3.53. The van der Waals surface area contributed by atoms with Crippen LogP contribution in [0.4, 0.5) is 0 Å². The third-order valence-electron chi connectivity index (χ3n) is 4.01. The van der Waals surface area contributed by atoms with Gasteiger partial charge in [0.15, 0.2) is 5.78 Å². The van der Waals surface area contributed by atoms with Gasteiger partial charge in [-0.1, -0.05) is 12.1 Å². The van der Waals surface area contributed by atoms with Crippen molar-refractivity contribution < 1.29 is 19.4 Å². The number of aryl methyl sites for hydroxylation is 1. The molecule has 0 fully saturated rings. The summed E-state index contributed by atoms with van der Waals surface area (Å²) in [4.78, 5) is 23.5. The molecule has 0 bridgehead atoms. The van der Waals surface area contributed by atoms with E-state index in [-0.39, 0.29) is 11.3 Å². The lowest BCUT2D eigenvalue weighted by molar-refractivity contribution is 0.0696. The van der Waals surface area contributed by atoms with Gasteiger partial charge in [-0.3, -0.25) is 4.79 Å². The number of carboxylic acids is 1. The van der Waals surface area contributed by atoms with Crippen LogP contribution in [0.5, 0.6) is 5.75 Å². The minimum Gasteiger partial charge on any atom is -0.497 e. The number of rotatable bonds is 3. The Morgan fingerprint density at radius 2 is 1.87 bits per heavy atom. The topological polar surface area (TPSA) is 63.6 Å². The zero-order valence-electron chi connectivity index (χ0n) is 12.7. The average Bonchev–Trinajstić information content (AvgIpc) is 2.57. The first-order valence-electron chi connectivity index (χ1n) is 7.34. The zero-order valence-corrected chi connectivity index (χ0v) is 12.7. The number of methoxy groups -OCH3 is 1. The standard InChI is InChI=1S/C19H16O4/c1-23-16-8-9-17-14(11-16)6-7-15(18(17)20)10-12-2-4-13(5-3-12)19(21)22/h2-5,8-11H,6-7H2,1H3,(H,21,22). The number of carbonyl (C=O) groups is 2. The molecule has 0 aliphatic heterocycles. The third kappa shape index (κ3) is 3.01. The lowest BCUT2D eigenvalue weighted by Gasteiger charge is -2.18. The molecule has 0 heterocycles. The molecule has 0 saturated carbocycles. The fourth-order valence-corrected chi connectivity index (χ4v) is 2.74. The summed E-state index contributed by atoms with van der Waals surface area (Å²) in [6.07, 6.45) is 3.29. The fourth-order valence-electron chi connectivity index (χ4n) is 2.74. The van der Waals surface area contributed by atoms with Gasteiger partial charge < -0.3 is 9.84 Å². The van der Waals surface area contributed by atoms with Crippen molar-refractivity contribution in [2.24, 2.45) is 0 Å². The van der Waals surface area contributed by atoms with E-state index in [2.05, 4.69) is 0 Å². The summed E-state index contributed by atoms with van der Waals surface area (Å²) >= 11 is 0. The quantitative estimate of drug-likeness (QED) is 0.880. The number of aromatic carboxylic acids is 1. The maximum Gasteiger partial charge on any atom is 0.335 e. The smallest absolute Gasteiger partial charge is 0.335 e. The Morgan fingerprint density at radius 3 is 2.52 bits per heavy atom. The molecule has 4 heteroatoms. The highest BCUT2D eigenvalue weighted by atomic mass is 16.5. The molecule has 0 amide bonds. The highest BCUT2D eigenvalue weighted by Gasteiger charge is 2.22. The molecule has 1 aliphatic carbocycles. The van der Waals surface area contributed by atoms with Gasteiger partial charge in [0.2, 0.25) is 0 Å². The Labute approximate surface area is 134 Å². The predicted octanol–water partition coefficient (Wildman–Crippen LogP) is 3.61. The maximum atomic E-state index is 12.6. The molecule has 23 heavy (non-hydrogen) atoms. The van der Waals surface area contributed by atoms with E-state index in [1.165, 1.54) is 0 Å². The van der Waals surface area contributed by atoms with E-state index in [1.807, 2.05) is 12.1 Å². The van der Waals surface area contributed by atoms with Crippen molar-refractivity contribution in [3.05, 3.63) is 70.3 Å².